The third kappa shape index (κ3) is 6.14. The SMILES string of the molecule is Nc1cccc(CN2CCN(c3ccc(N4C[C@H](CNC(=O)C(F)F)OC4=O)cc3F)CCO2)c1. The predicted octanol–water partition coefficient (Wildman–Crippen LogP) is 2.37. The number of hydrogen-bond acceptors (Lipinski definition) is 7. The third-order valence-corrected chi connectivity index (χ3v) is 5.72. The van der Waals surface area contributed by atoms with Crippen molar-refractivity contribution in [3.63, 3.8) is 0 Å². The molecule has 12 heteroatoms. The number of carbonyl (C=O) groups excluding carboxylic acids is 2. The standard InChI is InChI=1S/C23H26F3N5O4/c24-19-11-17(31-14-18(35-23(31)33)12-28-22(32)21(25)26)4-5-20(19)29-6-7-30(34-9-8-29)13-15-2-1-3-16(27)10-15/h1-5,10-11,18,21H,6-9,12-14,27H2,(H,28,32)/t18-/m0/s1. The molecule has 3 N–H and O–H groups in total. The van der Waals surface area contributed by atoms with Gasteiger partial charge in [-0.25, -0.2) is 9.18 Å². The number of amides is 2. The van der Waals surface area contributed by atoms with Gasteiger partial charge in [-0.2, -0.15) is 13.8 Å². The van der Waals surface area contributed by atoms with Gasteiger partial charge in [0, 0.05) is 31.9 Å². The second-order valence-electron chi connectivity index (χ2n) is 8.23. The van der Waals surface area contributed by atoms with E-state index in [9.17, 15) is 18.4 Å². The summed E-state index contributed by atoms with van der Waals surface area (Å²) >= 11 is 0. The topological polar surface area (TPSA) is 100 Å². The van der Waals surface area contributed by atoms with Crippen molar-refractivity contribution in [2.75, 3.05) is 54.9 Å². The summed E-state index contributed by atoms with van der Waals surface area (Å²) in [6, 6.07) is 11.9. The molecule has 0 spiro atoms. The van der Waals surface area contributed by atoms with Crippen LogP contribution >= 0.6 is 0 Å². The van der Waals surface area contributed by atoms with Crippen LogP contribution in [0.5, 0.6) is 0 Å². The monoisotopic (exact) mass is 493 g/mol. The zero-order valence-corrected chi connectivity index (χ0v) is 18.8. The first kappa shape index (κ1) is 24.6. The molecule has 188 valence electrons. The Balaban J connectivity index is 1.35. The van der Waals surface area contributed by atoms with Crippen LogP contribution in [0.1, 0.15) is 5.56 Å². The van der Waals surface area contributed by atoms with Crippen LogP contribution in [-0.4, -0.2) is 68.9 Å². The van der Waals surface area contributed by atoms with Crippen molar-refractivity contribution in [2.45, 2.75) is 19.1 Å². The van der Waals surface area contributed by atoms with Gasteiger partial charge in [0.15, 0.2) is 0 Å². The number of anilines is 3. The molecule has 2 aliphatic heterocycles. The number of ether oxygens (including phenoxy) is 1. The number of cyclic esters (lactones) is 1. The number of alkyl halides is 2. The lowest BCUT2D eigenvalue weighted by atomic mass is 10.2. The first-order valence-corrected chi connectivity index (χ1v) is 11.1. The molecule has 35 heavy (non-hydrogen) atoms. The minimum atomic E-state index is -3.15. The zero-order valence-electron chi connectivity index (χ0n) is 18.8. The Morgan fingerprint density at radius 3 is 2.74 bits per heavy atom. The van der Waals surface area contributed by atoms with E-state index < -0.39 is 30.3 Å². The van der Waals surface area contributed by atoms with E-state index in [0.29, 0.717) is 44.2 Å². The Bertz CT molecular complexity index is 1070. The molecule has 1 atom stereocenters. The zero-order chi connectivity index (χ0) is 24.9. The van der Waals surface area contributed by atoms with E-state index in [1.54, 1.807) is 12.1 Å². The van der Waals surface area contributed by atoms with Gasteiger partial charge in [-0.15, -0.1) is 0 Å². The average Bonchev–Trinajstić information content (AvgIpc) is 3.04. The van der Waals surface area contributed by atoms with Crippen molar-refractivity contribution in [3.8, 4) is 0 Å². The summed E-state index contributed by atoms with van der Waals surface area (Å²) in [6.07, 6.45) is -4.71. The highest BCUT2D eigenvalue weighted by Gasteiger charge is 2.33. The molecule has 2 aliphatic rings. The van der Waals surface area contributed by atoms with Gasteiger partial charge in [-0.3, -0.25) is 14.5 Å². The van der Waals surface area contributed by atoms with E-state index >= 15 is 4.39 Å². The largest absolute Gasteiger partial charge is 0.442 e. The Kier molecular flexibility index (Phi) is 7.61. The third-order valence-electron chi connectivity index (χ3n) is 5.72. The number of carbonyl (C=O) groups is 2. The molecule has 0 aliphatic carbocycles. The van der Waals surface area contributed by atoms with Gasteiger partial charge in [-0.05, 0) is 35.9 Å². The molecule has 0 unspecified atom stereocenters. The summed E-state index contributed by atoms with van der Waals surface area (Å²) in [5.41, 5.74) is 8.16. The van der Waals surface area contributed by atoms with Crippen molar-refractivity contribution in [1.82, 2.24) is 10.4 Å². The van der Waals surface area contributed by atoms with E-state index in [1.807, 2.05) is 39.5 Å². The van der Waals surface area contributed by atoms with Gasteiger partial charge in [0.05, 0.1) is 31.1 Å². The summed E-state index contributed by atoms with van der Waals surface area (Å²) in [7, 11) is 0. The summed E-state index contributed by atoms with van der Waals surface area (Å²) in [5, 5.41) is 3.83. The van der Waals surface area contributed by atoms with E-state index in [1.165, 1.54) is 11.0 Å². The number of nitrogens with zero attached hydrogens (tertiary/aromatic N) is 3. The van der Waals surface area contributed by atoms with E-state index in [2.05, 4.69) is 0 Å². The second-order valence-corrected chi connectivity index (χ2v) is 8.23. The molecule has 2 fully saturated rings. The number of nitrogens with one attached hydrogen (secondary N) is 1. The number of hydrogen-bond donors (Lipinski definition) is 2. The number of nitrogens with two attached hydrogens (primary N) is 1. The summed E-state index contributed by atoms with van der Waals surface area (Å²) < 4.78 is 44.8. The fourth-order valence-electron chi connectivity index (χ4n) is 4.00. The van der Waals surface area contributed by atoms with Crippen LogP contribution in [0.2, 0.25) is 0 Å². The van der Waals surface area contributed by atoms with Gasteiger partial charge < -0.3 is 20.7 Å². The van der Waals surface area contributed by atoms with Crippen molar-refractivity contribution in [2.24, 2.45) is 0 Å². The molecular weight excluding hydrogens is 467 g/mol. The van der Waals surface area contributed by atoms with Crippen LogP contribution < -0.4 is 20.9 Å². The number of nitrogen functional groups attached to an aromatic ring is 1. The molecule has 2 aromatic rings. The van der Waals surface area contributed by atoms with E-state index in [4.69, 9.17) is 15.3 Å². The smallest absolute Gasteiger partial charge is 0.414 e. The molecule has 2 heterocycles. The molecule has 9 nitrogen and oxygen atoms in total. The van der Waals surface area contributed by atoms with Crippen LogP contribution in [0.3, 0.4) is 0 Å². The highest BCUT2D eigenvalue weighted by atomic mass is 19.3. The number of benzene rings is 2. The minimum absolute atomic E-state index is 0.00233. The quantitative estimate of drug-likeness (QED) is 0.572. The molecule has 0 saturated carbocycles. The van der Waals surface area contributed by atoms with Crippen LogP contribution in [0.15, 0.2) is 42.5 Å². The van der Waals surface area contributed by atoms with Gasteiger partial charge in [0.2, 0.25) is 0 Å². The first-order chi connectivity index (χ1) is 16.8. The average molecular weight is 493 g/mol. The van der Waals surface area contributed by atoms with E-state index in [0.717, 1.165) is 5.56 Å². The summed E-state index contributed by atoms with van der Waals surface area (Å²) in [6.45, 7) is 2.20. The van der Waals surface area contributed by atoms with Crippen molar-refractivity contribution in [1.29, 1.82) is 0 Å². The maximum atomic E-state index is 15.0. The molecule has 0 aromatic heterocycles. The Hall–Kier alpha value is -3.51. The maximum absolute atomic E-state index is 15.0. The molecular formula is C23H26F3N5O4. The minimum Gasteiger partial charge on any atom is -0.442 e. The van der Waals surface area contributed by atoms with Gasteiger partial charge in [-0.1, -0.05) is 12.1 Å². The highest BCUT2D eigenvalue weighted by Crippen LogP contribution is 2.28. The van der Waals surface area contributed by atoms with Gasteiger partial charge in [0.1, 0.15) is 11.9 Å². The summed E-state index contributed by atoms with van der Waals surface area (Å²) in [4.78, 5) is 32.1. The molecule has 2 amide bonds. The van der Waals surface area contributed by atoms with Gasteiger partial charge in [0.25, 0.3) is 5.91 Å². The molecule has 0 bridgehead atoms. The molecule has 0 radical (unpaired) electrons. The summed E-state index contributed by atoms with van der Waals surface area (Å²) in [5.74, 6) is -1.96. The molecule has 2 saturated heterocycles. The number of rotatable bonds is 7. The highest BCUT2D eigenvalue weighted by molar-refractivity contribution is 5.90. The van der Waals surface area contributed by atoms with Crippen LogP contribution in [-0.2, 0) is 20.9 Å². The van der Waals surface area contributed by atoms with Crippen molar-refractivity contribution in [3.05, 3.63) is 53.8 Å². The van der Waals surface area contributed by atoms with E-state index in [-0.39, 0.29) is 18.8 Å². The Morgan fingerprint density at radius 2 is 2.00 bits per heavy atom. The second kappa shape index (κ2) is 10.8. The lowest BCUT2D eigenvalue weighted by molar-refractivity contribution is -0.154. The molecule has 2 aromatic carbocycles. The Morgan fingerprint density at radius 1 is 1.17 bits per heavy atom. The number of hydroxylamine groups is 2. The number of halogens is 3. The lowest BCUT2D eigenvalue weighted by Gasteiger charge is -2.24. The first-order valence-electron chi connectivity index (χ1n) is 11.1. The van der Waals surface area contributed by atoms with Crippen LogP contribution in [0, 0.1) is 5.82 Å². The van der Waals surface area contributed by atoms with Crippen molar-refractivity contribution < 1.29 is 32.3 Å². The van der Waals surface area contributed by atoms with Gasteiger partial charge >= 0.3 is 12.5 Å². The normalized spacial score (nSPS) is 19.1. The van der Waals surface area contributed by atoms with Crippen LogP contribution in [0.4, 0.5) is 35.0 Å². The lowest BCUT2D eigenvalue weighted by Crippen LogP contribution is -2.37. The molecule has 4 rings (SSSR count). The predicted molar refractivity (Wildman–Crippen MR) is 122 cm³/mol. The fraction of sp³-hybridized carbons (Fsp3) is 0.391. The fourth-order valence-corrected chi connectivity index (χ4v) is 4.00. The van der Waals surface area contributed by atoms with Crippen molar-refractivity contribution >= 4 is 29.1 Å². The van der Waals surface area contributed by atoms with Crippen LogP contribution in [0.25, 0.3) is 0 Å². The Labute approximate surface area is 200 Å². The maximum Gasteiger partial charge on any atom is 0.414 e.